The van der Waals surface area contributed by atoms with Crippen molar-refractivity contribution in [3.63, 3.8) is 0 Å². The number of benzene rings is 3. The molecule has 0 saturated carbocycles. The third-order valence-corrected chi connectivity index (χ3v) is 9.01. The molecule has 3 aromatic carbocycles. The van der Waals surface area contributed by atoms with Crippen molar-refractivity contribution in [2.24, 2.45) is 0 Å². The SMILES string of the molecule is COc1ccc(C#N)cc1C=C(C#N)c1cn(C(C)=O)c2ccc(Br)cc12.COc1ccncc1C=C(C#N)c1cn(C(C)=O)c2ccc(Br)cc12. The van der Waals surface area contributed by atoms with Crippen LogP contribution in [0, 0.1) is 34.0 Å². The summed E-state index contributed by atoms with van der Waals surface area (Å²) in [5, 5.41) is 30.2. The number of hydrogen-bond donors (Lipinski definition) is 0. The summed E-state index contributed by atoms with van der Waals surface area (Å²) in [7, 11) is 3.10. The summed E-state index contributed by atoms with van der Waals surface area (Å²) in [5.74, 6) is 0.919. The van der Waals surface area contributed by atoms with Gasteiger partial charge in [-0.25, -0.2) is 0 Å². The van der Waals surface area contributed by atoms with Gasteiger partial charge in [-0.05, 0) is 72.8 Å². The fourth-order valence-electron chi connectivity index (χ4n) is 5.61. The maximum atomic E-state index is 12.0. The monoisotopic (exact) mass is 814 g/mol. The number of ether oxygens (including phenoxy) is 2. The number of rotatable bonds is 6. The third kappa shape index (κ3) is 7.72. The normalized spacial score (nSPS) is 11.2. The molecule has 0 aliphatic rings. The highest BCUT2D eigenvalue weighted by molar-refractivity contribution is 9.10. The largest absolute Gasteiger partial charge is 0.496 e. The molecule has 0 unspecified atom stereocenters. The van der Waals surface area contributed by atoms with Gasteiger partial charge in [-0.2, -0.15) is 15.8 Å². The number of carbonyl (C=O) groups is 2. The number of halogens is 2. The zero-order chi connectivity index (χ0) is 37.5. The number of fused-ring (bicyclic) bond motifs is 2. The van der Waals surface area contributed by atoms with Gasteiger partial charge in [0.15, 0.2) is 0 Å². The zero-order valence-electron chi connectivity index (χ0n) is 28.3. The molecule has 12 heteroatoms. The lowest BCUT2D eigenvalue weighted by molar-refractivity contribution is 0.0933. The Bertz CT molecular complexity index is 2580. The van der Waals surface area contributed by atoms with E-state index in [1.165, 1.54) is 25.5 Å². The molecule has 3 aromatic heterocycles. The highest BCUT2D eigenvalue weighted by atomic mass is 79.9. The Morgan fingerprint density at radius 3 is 1.67 bits per heavy atom. The number of aromatic nitrogens is 3. The first-order valence-corrected chi connectivity index (χ1v) is 17.1. The quantitative estimate of drug-likeness (QED) is 0.151. The third-order valence-electron chi connectivity index (χ3n) is 8.02. The average molecular weight is 817 g/mol. The van der Waals surface area contributed by atoms with Crippen LogP contribution in [0.1, 0.15) is 51.3 Å². The van der Waals surface area contributed by atoms with E-state index < -0.39 is 0 Å². The number of allylic oxidation sites excluding steroid dienone is 2. The molecule has 52 heavy (non-hydrogen) atoms. The maximum absolute atomic E-state index is 12.0. The Balaban J connectivity index is 0.000000202. The first-order valence-electron chi connectivity index (χ1n) is 15.5. The molecule has 0 saturated heterocycles. The number of nitrogens with zero attached hydrogens (tertiary/aromatic N) is 6. The Hall–Kier alpha value is -6.26. The first-order chi connectivity index (χ1) is 25.0. The number of carbonyl (C=O) groups excluding carboxylic acids is 2. The van der Waals surface area contributed by atoms with Gasteiger partial charge in [0.1, 0.15) is 11.5 Å². The number of nitriles is 3. The van der Waals surface area contributed by atoms with Crippen LogP contribution in [0.5, 0.6) is 11.5 Å². The Labute approximate surface area is 316 Å². The van der Waals surface area contributed by atoms with Crippen molar-refractivity contribution in [3.8, 4) is 29.7 Å². The standard InChI is InChI=1S/C21H14BrN3O2.C19H14BrN3O2/c1-13(26)25-12-19(18-9-17(22)4-5-20(18)25)16(11-24)8-15-7-14(10-23)3-6-21(15)27-2;1-12(24)23-11-17(16-8-15(20)3-4-18(16)23)13(9-21)7-14-10-22-6-5-19(14)25-2/h3-9,12H,1-2H3;3-8,10-11H,1-2H3. The molecule has 256 valence electrons. The van der Waals surface area contributed by atoms with Gasteiger partial charge >= 0.3 is 0 Å². The van der Waals surface area contributed by atoms with Crippen molar-refractivity contribution in [1.82, 2.24) is 14.1 Å². The van der Waals surface area contributed by atoms with Crippen LogP contribution < -0.4 is 9.47 Å². The minimum atomic E-state index is -0.144. The summed E-state index contributed by atoms with van der Waals surface area (Å²) in [6, 6.07) is 24.4. The molecule has 10 nitrogen and oxygen atoms in total. The smallest absolute Gasteiger partial charge is 0.227 e. The van der Waals surface area contributed by atoms with Crippen LogP contribution in [0.2, 0.25) is 0 Å². The van der Waals surface area contributed by atoms with Crippen LogP contribution >= 0.6 is 31.9 Å². The summed E-state index contributed by atoms with van der Waals surface area (Å²) >= 11 is 6.89. The van der Waals surface area contributed by atoms with Crippen LogP contribution in [0.3, 0.4) is 0 Å². The molecule has 0 atom stereocenters. The van der Waals surface area contributed by atoms with Crippen molar-refractivity contribution in [2.45, 2.75) is 13.8 Å². The Kier molecular flexibility index (Phi) is 11.5. The predicted octanol–water partition coefficient (Wildman–Crippen LogP) is 9.54. The molecule has 0 spiro atoms. The minimum absolute atomic E-state index is 0.116. The fourth-order valence-corrected chi connectivity index (χ4v) is 6.33. The molecule has 3 heterocycles. The van der Waals surface area contributed by atoms with E-state index in [1.807, 2.05) is 36.4 Å². The minimum Gasteiger partial charge on any atom is -0.496 e. The van der Waals surface area contributed by atoms with E-state index in [-0.39, 0.29) is 11.8 Å². The van der Waals surface area contributed by atoms with E-state index >= 15 is 0 Å². The van der Waals surface area contributed by atoms with Gasteiger partial charge in [0.2, 0.25) is 11.8 Å². The summed E-state index contributed by atoms with van der Waals surface area (Å²) in [5.41, 5.74) is 5.36. The molecule has 0 aliphatic carbocycles. The van der Waals surface area contributed by atoms with Gasteiger partial charge in [-0.15, -0.1) is 0 Å². The van der Waals surface area contributed by atoms with E-state index in [9.17, 15) is 20.1 Å². The average Bonchev–Trinajstić information content (AvgIpc) is 3.71. The molecular weight excluding hydrogens is 788 g/mol. The molecule has 0 bridgehead atoms. The van der Waals surface area contributed by atoms with Crippen molar-refractivity contribution >= 4 is 88.8 Å². The summed E-state index contributed by atoms with van der Waals surface area (Å²) in [6.07, 6.45) is 10.00. The Morgan fingerprint density at radius 2 is 1.21 bits per heavy atom. The van der Waals surface area contributed by atoms with Gasteiger partial charge in [-0.1, -0.05) is 31.9 Å². The number of hydrogen-bond acceptors (Lipinski definition) is 8. The highest BCUT2D eigenvalue weighted by Gasteiger charge is 2.17. The van der Waals surface area contributed by atoms with Gasteiger partial charge in [0.05, 0.1) is 60.2 Å². The fraction of sp³-hybridized carbons (Fsp3) is 0.100. The molecule has 0 amide bonds. The molecular formula is C40H28Br2N6O4. The topological polar surface area (TPSA) is 147 Å². The van der Waals surface area contributed by atoms with Crippen LogP contribution in [0.15, 0.2) is 94.4 Å². The highest BCUT2D eigenvalue weighted by Crippen LogP contribution is 2.34. The maximum Gasteiger partial charge on any atom is 0.227 e. The van der Waals surface area contributed by atoms with Crippen LogP contribution in [0.4, 0.5) is 0 Å². The second kappa shape index (κ2) is 16.2. The van der Waals surface area contributed by atoms with Crippen molar-refractivity contribution in [3.05, 3.63) is 122 Å². The number of pyridine rings is 1. The van der Waals surface area contributed by atoms with Gasteiger partial charge in [0.25, 0.3) is 0 Å². The van der Waals surface area contributed by atoms with Gasteiger partial charge < -0.3 is 9.47 Å². The van der Waals surface area contributed by atoms with Gasteiger partial charge in [0, 0.05) is 80.6 Å². The molecule has 6 aromatic rings. The van der Waals surface area contributed by atoms with Crippen molar-refractivity contribution < 1.29 is 19.1 Å². The second-order valence-electron chi connectivity index (χ2n) is 11.2. The molecule has 0 radical (unpaired) electrons. The van der Waals surface area contributed by atoms with Crippen LogP contribution in [-0.2, 0) is 0 Å². The lowest BCUT2D eigenvalue weighted by Crippen LogP contribution is -2.02. The lowest BCUT2D eigenvalue weighted by atomic mass is 10.0. The van der Waals surface area contributed by atoms with Crippen LogP contribution in [-0.4, -0.2) is 40.2 Å². The van der Waals surface area contributed by atoms with Crippen molar-refractivity contribution in [2.75, 3.05) is 14.2 Å². The second-order valence-corrected chi connectivity index (χ2v) is 13.0. The lowest BCUT2D eigenvalue weighted by Gasteiger charge is -2.06. The molecule has 0 fully saturated rings. The predicted molar refractivity (Wildman–Crippen MR) is 207 cm³/mol. The Morgan fingerprint density at radius 1 is 0.712 bits per heavy atom. The summed E-state index contributed by atoms with van der Waals surface area (Å²) in [6.45, 7) is 2.96. The van der Waals surface area contributed by atoms with Crippen LogP contribution in [0.25, 0.3) is 45.1 Å². The van der Waals surface area contributed by atoms with E-state index in [4.69, 9.17) is 14.7 Å². The van der Waals surface area contributed by atoms with E-state index in [0.717, 1.165) is 30.8 Å². The van der Waals surface area contributed by atoms with E-state index in [0.29, 0.717) is 50.5 Å². The van der Waals surface area contributed by atoms with E-state index in [2.05, 4.69) is 55.1 Å². The zero-order valence-corrected chi connectivity index (χ0v) is 31.5. The van der Waals surface area contributed by atoms with E-state index in [1.54, 1.807) is 72.9 Å². The first kappa shape index (κ1) is 37.0. The van der Waals surface area contributed by atoms with Crippen molar-refractivity contribution in [1.29, 1.82) is 15.8 Å². The summed E-state index contributed by atoms with van der Waals surface area (Å²) < 4.78 is 15.4. The number of methoxy groups -OCH3 is 2. The molecule has 0 aliphatic heterocycles. The molecule has 6 rings (SSSR count). The summed E-state index contributed by atoms with van der Waals surface area (Å²) in [4.78, 5) is 28.0. The van der Waals surface area contributed by atoms with Gasteiger partial charge in [-0.3, -0.25) is 23.7 Å². The molecule has 0 N–H and O–H groups in total.